The Bertz CT molecular complexity index is 1130. The van der Waals surface area contributed by atoms with Gasteiger partial charge in [0.1, 0.15) is 4.60 Å². The molecule has 0 fully saturated rings. The van der Waals surface area contributed by atoms with Gasteiger partial charge < -0.3 is 5.73 Å². The van der Waals surface area contributed by atoms with Gasteiger partial charge in [-0.3, -0.25) is 4.98 Å². The van der Waals surface area contributed by atoms with Gasteiger partial charge in [-0.2, -0.15) is 0 Å². The lowest BCUT2D eigenvalue weighted by atomic mass is 10.0. The van der Waals surface area contributed by atoms with E-state index in [-0.39, 0.29) is 0 Å². The van der Waals surface area contributed by atoms with Crippen LogP contribution in [0, 0.1) is 0 Å². The number of halogens is 3. The van der Waals surface area contributed by atoms with E-state index in [1.54, 1.807) is 18.3 Å². The first kappa shape index (κ1) is 17.2. The van der Waals surface area contributed by atoms with E-state index in [0.717, 1.165) is 22.0 Å². The molecule has 2 aromatic carbocycles. The number of nitrogens with zero attached hydrogens (tertiary/aromatic N) is 3. The molecule has 128 valence electrons. The molecule has 0 amide bonds. The van der Waals surface area contributed by atoms with Crippen LogP contribution in [-0.2, 0) is 0 Å². The van der Waals surface area contributed by atoms with Crippen LogP contribution in [0.1, 0.15) is 0 Å². The topological polar surface area (TPSA) is 64.7 Å². The molecule has 0 aliphatic heterocycles. The molecule has 0 aliphatic rings. The largest absolute Gasteiger partial charge is 0.381 e. The smallest absolute Gasteiger partial charge is 0.157 e. The number of rotatable bonds is 2. The third-order valence-corrected chi connectivity index (χ3v) is 5.05. The maximum Gasteiger partial charge on any atom is 0.157 e. The lowest BCUT2D eigenvalue weighted by Gasteiger charge is -2.12. The molecule has 4 aromatic rings. The molecule has 0 saturated carbocycles. The summed E-state index contributed by atoms with van der Waals surface area (Å²) in [6, 6.07) is 15.0. The number of pyridine rings is 1. The summed E-state index contributed by atoms with van der Waals surface area (Å²) in [6.45, 7) is 0. The Hall–Kier alpha value is -2.21. The van der Waals surface area contributed by atoms with E-state index >= 15 is 0 Å². The van der Waals surface area contributed by atoms with Crippen LogP contribution in [0.2, 0.25) is 10.0 Å². The summed E-state index contributed by atoms with van der Waals surface area (Å²) >= 11 is 15.8. The van der Waals surface area contributed by atoms with E-state index in [2.05, 4.69) is 30.9 Å². The van der Waals surface area contributed by atoms with Crippen molar-refractivity contribution < 1.29 is 0 Å². The number of aromatic nitrogens is 3. The lowest BCUT2D eigenvalue weighted by Crippen LogP contribution is -2.00. The predicted octanol–water partition coefficient (Wildman–Crippen LogP) is 6.01. The molecule has 0 atom stereocenters. The van der Waals surface area contributed by atoms with Gasteiger partial charge in [0.15, 0.2) is 5.82 Å². The maximum atomic E-state index is 6.44. The fourth-order valence-electron chi connectivity index (χ4n) is 2.72. The first-order valence-electron chi connectivity index (χ1n) is 7.66. The number of benzene rings is 2. The Morgan fingerprint density at radius 1 is 0.885 bits per heavy atom. The molecule has 4 rings (SSSR count). The van der Waals surface area contributed by atoms with Crippen LogP contribution < -0.4 is 5.73 Å². The minimum absolute atomic E-state index is 0.312. The van der Waals surface area contributed by atoms with Gasteiger partial charge in [-0.15, -0.1) is 0 Å². The molecular weight excluding hydrogens is 435 g/mol. The Labute approximate surface area is 168 Å². The predicted molar refractivity (Wildman–Crippen MR) is 110 cm³/mol. The molecule has 0 unspecified atom stereocenters. The van der Waals surface area contributed by atoms with Crippen molar-refractivity contribution in [3.8, 4) is 22.5 Å². The van der Waals surface area contributed by atoms with Crippen molar-refractivity contribution >= 4 is 55.9 Å². The van der Waals surface area contributed by atoms with Crippen molar-refractivity contribution in [2.24, 2.45) is 0 Å². The highest BCUT2D eigenvalue weighted by molar-refractivity contribution is 9.10. The summed E-state index contributed by atoms with van der Waals surface area (Å²) in [5.74, 6) is 0.312. The van der Waals surface area contributed by atoms with Crippen molar-refractivity contribution in [2.45, 2.75) is 0 Å². The normalized spacial score (nSPS) is 11.0. The Morgan fingerprint density at radius 2 is 1.62 bits per heavy atom. The molecule has 2 N–H and O–H groups in total. The maximum absolute atomic E-state index is 6.44. The van der Waals surface area contributed by atoms with Gasteiger partial charge >= 0.3 is 0 Å². The zero-order valence-corrected chi connectivity index (χ0v) is 16.3. The summed E-state index contributed by atoms with van der Waals surface area (Å²) in [5.41, 5.74) is 9.73. The van der Waals surface area contributed by atoms with Gasteiger partial charge in [-0.05, 0) is 46.3 Å². The van der Waals surface area contributed by atoms with Crippen molar-refractivity contribution in [2.75, 3.05) is 5.73 Å². The van der Waals surface area contributed by atoms with E-state index < -0.39 is 0 Å². The molecule has 0 spiro atoms. The van der Waals surface area contributed by atoms with Crippen molar-refractivity contribution in [3.05, 3.63) is 69.4 Å². The van der Waals surface area contributed by atoms with Crippen LogP contribution in [0.5, 0.6) is 0 Å². The minimum Gasteiger partial charge on any atom is -0.381 e. The average molecular weight is 446 g/mol. The minimum atomic E-state index is 0.312. The Kier molecular flexibility index (Phi) is 4.53. The number of hydrogen-bond donors (Lipinski definition) is 1. The second-order valence-electron chi connectivity index (χ2n) is 5.64. The van der Waals surface area contributed by atoms with Gasteiger partial charge in [0.05, 0.1) is 21.9 Å². The van der Waals surface area contributed by atoms with Crippen LogP contribution in [-0.4, -0.2) is 15.0 Å². The van der Waals surface area contributed by atoms with E-state index in [0.29, 0.717) is 31.9 Å². The second-order valence-corrected chi connectivity index (χ2v) is 7.23. The molecule has 7 heteroatoms. The highest BCUT2D eigenvalue weighted by Crippen LogP contribution is 2.36. The second kappa shape index (κ2) is 6.83. The molecule has 0 radical (unpaired) electrons. The standard InChI is InChI=1S/C19H11BrCl2N4/c20-18-19(23)26-16(10-3-5-13(21)6-4-10)17(25-18)12-8-11-2-1-7-24-15(11)14(22)9-12/h1-9H,(H2,23,26). The van der Waals surface area contributed by atoms with Crippen LogP contribution in [0.15, 0.2) is 59.3 Å². The van der Waals surface area contributed by atoms with E-state index in [1.165, 1.54) is 0 Å². The van der Waals surface area contributed by atoms with Gasteiger partial charge in [0.2, 0.25) is 0 Å². The molecule has 0 saturated heterocycles. The van der Waals surface area contributed by atoms with E-state index in [9.17, 15) is 0 Å². The van der Waals surface area contributed by atoms with E-state index in [4.69, 9.17) is 28.9 Å². The molecule has 2 aromatic heterocycles. The molecule has 4 nitrogen and oxygen atoms in total. The zero-order valence-electron chi connectivity index (χ0n) is 13.2. The van der Waals surface area contributed by atoms with E-state index in [1.807, 2.05) is 36.4 Å². The average Bonchev–Trinajstić information content (AvgIpc) is 2.64. The molecular formula is C19H11BrCl2N4. The van der Waals surface area contributed by atoms with Crippen molar-refractivity contribution in [1.29, 1.82) is 0 Å². The number of anilines is 1. The van der Waals surface area contributed by atoms with Gasteiger partial charge in [0, 0.05) is 27.7 Å². The molecule has 26 heavy (non-hydrogen) atoms. The highest BCUT2D eigenvalue weighted by atomic mass is 79.9. The third-order valence-electron chi connectivity index (χ3n) is 3.93. The SMILES string of the molecule is Nc1nc(-c2ccc(Cl)cc2)c(-c2cc(Cl)c3ncccc3c2)nc1Br. The van der Waals surface area contributed by atoms with Crippen LogP contribution >= 0.6 is 39.1 Å². The van der Waals surface area contributed by atoms with Crippen LogP contribution in [0.4, 0.5) is 5.82 Å². The molecule has 0 bridgehead atoms. The summed E-state index contributed by atoms with van der Waals surface area (Å²) < 4.78 is 0.479. The summed E-state index contributed by atoms with van der Waals surface area (Å²) in [6.07, 6.45) is 1.71. The Morgan fingerprint density at radius 3 is 2.38 bits per heavy atom. The zero-order chi connectivity index (χ0) is 18.3. The fourth-order valence-corrected chi connectivity index (χ4v) is 3.39. The van der Waals surface area contributed by atoms with Gasteiger partial charge in [-0.25, -0.2) is 9.97 Å². The van der Waals surface area contributed by atoms with Gasteiger partial charge in [0.25, 0.3) is 0 Å². The number of fused-ring (bicyclic) bond motifs is 1. The quantitative estimate of drug-likeness (QED) is 0.410. The lowest BCUT2D eigenvalue weighted by molar-refractivity contribution is 1.18. The Balaban J connectivity index is 1.99. The summed E-state index contributed by atoms with van der Waals surface area (Å²) in [5, 5.41) is 2.12. The van der Waals surface area contributed by atoms with Crippen LogP contribution in [0.25, 0.3) is 33.4 Å². The summed E-state index contributed by atoms with van der Waals surface area (Å²) in [4.78, 5) is 13.5. The third kappa shape index (κ3) is 3.14. The monoisotopic (exact) mass is 444 g/mol. The molecule has 2 heterocycles. The fraction of sp³-hybridized carbons (Fsp3) is 0. The number of hydrogen-bond acceptors (Lipinski definition) is 4. The molecule has 0 aliphatic carbocycles. The first-order chi connectivity index (χ1) is 12.5. The number of nitrogen functional groups attached to an aromatic ring is 1. The van der Waals surface area contributed by atoms with Crippen molar-refractivity contribution in [3.63, 3.8) is 0 Å². The van der Waals surface area contributed by atoms with Crippen LogP contribution in [0.3, 0.4) is 0 Å². The summed E-state index contributed by atoms with van der Waals surface area (Å²) in [7, 11) is 0. The highest BCUT2D eigenvalue weighted by Gasteiger charge is 2.16. The van der Waals surface area contributed by atoms with Gasteiger partial charge in [-0.1, -0.05) is 41.4 Å². The van der Waals surface area contributed by atoms with Crippen molar-refractivity contribution in [1.82, 2.24) is 15.0 Å². The number of nitrogens with two attached hydrogens (primary N) is 1. The first-order valence-corrected chi connectivity index (χ1v) is 9.21.